The summed E-state index contributed by atoms with van der Waals surface area (Å²) in [6.07, 6.45) is 1.06. The summed E-state index contributed by atoms with van der Waals surface area (Å²) in [5, 5.41) is 2.82. The minimum absolute atomic E-state index is 0. The predicted octanol–water partition coefficient (Wildman–Crippen LogP) is 0.894. The Kier molecular flexibility index (Phi) is 5.97. The molecule has 1 nitrogen and oxygen atoms in total. The first kappa shape index (κ1) is 14.0. The van der Waals surface area contributed by atoms with Gasteiger partial charge in [-0.15, -0.1) is 0 Å². The Morgan fingerprint density at radius 2 is 1.18 bits per heavy atom. The smallest absolute Gasteiger partial charge is 0.0814 e. The van der Waals surface area contributed by atoms with Crippen LogP contribution in [0.4, 0.5) is 0 Å². The third kappa shape index (κ3) is 3.69. The fraction of sp³-hybridized carbons (Fsp3) is 0.143. The van der Waals surface area contributed by atoms with Crippen LogP contribution in [0.15, 0.2) is 60.7 Å². The van der Waals surface area contributed by atoms with Crippen molar-refractivity contribution in [1.82, 2.24) is 0 Å². The van der Waals surface area contributed by atoms with Gasteiger partial charge in [-0.2, -0.15) is 0 Å². The van der Waals surface area contributed by atoms with Crippen molar-refractivity contribution in [1.29, 1.82) is 0 Å². The van der Waals surface area contributed by atoms with Crippen LogP contribution in [0.5, 0.6) is 0 Å². The van der Waals surface area contributed by atoms with Crippen LogP contribution >= 0.6 is 7.92 Å². The van der Waals surface area contributed by atoms with E-state index in [4.69, 9.17) is 5.73 Å². The largest absolute Gasteiger partial charge is 0.330 e. The van der Waals surface area contributed by atoms with E-state index in [0.29, 0.717) is 0 Å². The van der Waals surface area contributed by atoms with Gasteiger partial charge in [-0.25, -0.2) is 0 Å². The van der Waals surface area contributed by atoms with E-state index in [9.17, 15) is 0 Å². The maximum absolute atomic E-state index is 5.72. The quantitative estimate of drug-likeness (QED) is 0.626. The Balaban J connectivity index is 0.00000144. The van der Waals surface area contributed by atoms with Gasteiger partial charge in [0.05, 0.1) is 8.41 Å². The molecule has 0 spiro atoms. The highest BCUT2D eigenvalue weighted by molar-refractivity contribution is 7.73. The van der Waals surface area contributed by atoms with E-state index >= 15 is 0 Å². The molecule has 0 saturated heterocycles. The molecule has 2 aromatic carbocycles. The van der Waals surface area contributed by atoms with E-state index in [2.05, 4.69) is 60.7 Å². The molecule has 0 aromatic heterocycles. The first-order valence-corrected chi connectivity index (χ1v) is 7.02. The SMILES string of the molecule is B.NCCP(c1ccccc1)c1ccccc1. The average Bonchev–Trinajstić information content (AvgIpc) is 2.38. The molecule has 0 aliphatic carbocycles. The average molecular weight is 243 g/mol. The summed E-state index contributed by atoms with van der Waals surface area (Å²) in [4.78, 5) is 0. The maximum Gasteiger partial charge on any atom is 0.0814 e. The summed E-state index contributed by atoms with van der Waals surface area (Å²) < 4.78 is 0. The van der Waals surface area contributed by atoms with Gasteiger partial charge in [-0.1, -0.05) is 60.7 Å². The molecule has 2 rings (SSSR count). The molecule has 0 bridgehead atoms. The lowest BCUT2D eigenvalue weighted by Crippen LogP contribution is -2.18. The highest BCUT2D eigenvalue weighted by Gasteiger charge is 2.11. The lowest BCUT2D eigenvalue weighted by Gasteiger charge is -2.17. The van der Waals surface area contributed by atoms with Crippen molar-refractivity contribution in [2.45, 2.75) is 0 Å². The van der Waals surface area contributed by atoms with E-state index in [1.165, 1.54) is 10.6 Å². The molecule has 2 N–H and O–H groups in total. The monoisotopic (exact) mass is 243 g/mol. The van der Waals surface area contributed by atoms with Crippen molar-refractivity contribution >= 4 is 26.9 Å². The van der Waals surface area contributed by atoms with E-state index in [1.54, 1.807) is 0 Å². The van der Waals surface area contributed by atoms with Crippen molar-refractivity contribution in [3.63, 3.8) is 0 Å². The normalized spacial score (nSPS) is 10.0. The molecule has 0 fully saturated rings. The Morgan fingerprint density at radius 1 is 0.765 bits per heavy atom. The summed E-state index contributed by atoms with van der Waals surface area (Å²) in [5.41, 5.74) is 5.72. The number of benzene rings is 2. The van der Waals surface area contributed by atoms with E-state index in [-0.39, 0.29) is 16.3 Å². The third-order valence-corrected chi connectivity index (χ3v) is 5.04. The van der Waals surface area contributed by atoms with E-state index < -0.39 is 0 Å². The molecule has 0 heterocycles. The van der Waals surface area contributed by atoms with Crippen molar-refractivity contribution in [3.05, 3.63) is 60.7 Å². The molecular formula is C14H19BNP. The van der Waals surface area contributed by atoms with Gasteiger partial charge >= 0.3 is 0 Å². The molecule has 0 unspecified atom stereocenters. The minimum Gasteiger partial charge on any atom is -0.330 e. The molecule has 0 aliphatic rings. The van der Waals surface area contributed by atoms with Crippen LogP contribution in [0.25, 0.3) is 0 Å². The standard InChI is InChI=1S/C14H16NP.BH3/c15-11-12-16(13-7-3-1-4-8-13)14-9-5-2-6-10-14;/h1-10H,11-12,15H2;1H3. The zero-order valence-electron chi connectivity index (χ0n) is 9.21. The molecule has 2 aromatic rings. The van der Waals surface area contributed by atoms with Gasteiger partial charge in [0, 0.05) is 0 Å². The van der Waals surface area contributed by atoms with Crippen molar-refractivity contribution in [2.24, 2.45) is 5.73 Å². The first-order chi connectivity index (χ1) is 7.92. The highest BCUT2D eigenvalue weighted by Crippen LogP contribution is 2.32. The lowest BCUT2D eigenvalue weighted by molar-refractivity contribution is 1.15. The zero-order chi connectivity index (χ0) is 11.2. The Hall–Kier alpha value is -1.11. The van der Waals surface area contributed by atoms with Crippen LogP contribution < -0.4 is 16.3 Å². The second kappa shape index (κ2) is 7.27. The van der Waals surface area contributed by atoms with Crippen LogP contribution in [0.3, 0.4) is 0 Å². The first-order valence-electron chi connectivity index (χ1n) is 5.49. The van der Waals surface area contributed by atoms with Crippen molar-refractivity contribution in [2.75, 3.05) is 12.7 Å². The topological polar surface area (TPSA) is 26.0 Å². The Labute approximate surface area is 106 Å². The van der Waals surface area contributed by atoms with Crippen LogP contribution in [-0.2, 0) is 0 Å². The molecule has 3 heteroatoms. The number of hydrogen-bond acceptors (Lipinski definition) is 1. The van der Waals surface area contributed by atoms with Crippen LogP contribution in [0.1, 0.15) is 0 Å². The minimum atomic E-state index is -0.276. The van der Waals surface area contributed by atoms with Gasteiger partial charge in [-0.3, -0.25) is 0 Å². The van der Waals surface area contributed by atoms with Crippen molar-refractivity contribution < 1.29 is 0 Å². The van der Waals surface area contributed by atoms with Gasteiger partial charge in [0.2, 0.25) is 0 Å². The second-order valence-corrected chi connectivity index (χ2v) is 5.95. The molecule has 0 saturated carbocycles. The Morgan fingerprint density at radius 3 is 1.53 bits per heavy atom. The maximum atomic E-state index is 5.72. The fourth-order valence-electron chi connectivity index (χ4n) is 1.75. The summed E-state index contributed by atoms with van der Waals surface area (Å²) in [6, 6.07) is 21.3. The molecular weight excluding hydrogens is 224 g/mol. The summed E-state index contributed by atoms with van der Waals surface area (Å²) >= 11 is 0. The second-order valence-electron chi connectivity index (χ2n) is 3.61. The Bertz CT molecular complexity index is 379. The molecule has 0 aliphatic heterocycles. The summed E-state index contributed by atoms with van der Waals surface area (Å²) in [7, 11) is -0.276. The van der Waals surface area contributed by atoms with Crippen molar-refractivity contribution in [3.8, 4) is 0 Å². The fourth-order valence-corrected chi connectivity index (χ4v) is 3.89. The van der Waals surface area contributed by atoms with Crippen LogP contribution in [0.2, 0.25) is 0 Å². The van der Waals surface area contributed by atoms with Crippen LogP contribution in [0, 0.1) is 0 Å². The van der Waals surface area contributed by atoms with E-state index in [1.807, 2.05) is 0 Å². The molecule has 17 heavy (non-hydrogen) atoms. The summed E-state index contributed by atoms with van der Waals surface area (Å²) in [6.45, 7) is 0.746. The zero-order valence-corrected chi connectivity index (χ0v) is 10.1. The number of hydrogen-bond donors (Lipinski definition) is 1. The summed E-state index contributed by atoms with van der Waals surface area (Å²) in [5.74, 6) is 0. The third-order valence-electron chi connectivity index (χ3n) is 2.49. The van der Waals surface area contributed by atoms with Crippen LogP contribution in [-0.4, -0.2) is 21.1 Å². The van der Waals surface area contributed by atoms with Gasteiger partial charge in [-0.05, 0) is 31.2 Å². The predicted molar refractivity (Wildman–Crippen MR) is 82.9 cm³/mol. The van der Waals surface area contributed by atoms with Gasteiger partial charge in [0.1, 0.15) is 0 Å². The van der Waals surface area contributed by atoms with Gasteiger partial charge in [0.15, 0.2) is 0 Å². The van der Waals surface area contributed by atoms with Gasteiger partial charge < -0.3 is 5.73 Å². The van der Waals surface area contributed by atoms with E-state index in [0.717, 1.165) is 12.7 Å². The highest BCUT2D eigenvalue weighted by atomic mass is 31.1. The lowest BCUT2D eigenvalue weighted by atomic mass is 10.4. The molecule has 0 amide bonds. The molecule has 0 radical (unpaired) electrons. The number of nitrogens with two attached hydrogens (primary N) is 1. The molecule has 88 valence electrons. The van der Waals surface area contributed by atoms with Gasteiger partial charge in [0.25, 0.3) is 0 Å². The molecule has 0 atom stereocenters. The number of rotatable bonds is 4.